The summed E-state index contributed by atoms with van der Waals surface area (Å²) >= 11 is 0. The highest BCUT2D eigenvalue weighted by Crippen LogP contribution is 2.36. The predicted molar refractivity (Wildman–Crippen MR) is 130 cm³/mol. The fourth-order valence-electron chi connectivity index (χ4n) is 4.06. The maximum absolute atomic E-state index is 10.0. The molecule has 5 heteroatoms. The van der Waals surface area contributed by atoms with E-state index >= 15 is 0 Å². The molecular weight excluding hydrogens is 400 g/mol. The van der Waals surface area contributed by atoms with Crippen molar-refractivity contribution in [3.63, 3.8) is 0 Å². The highest BCUT2D eigenvalue weighted by molar-refractivity contribution is 5.92. The van der Waals surface area contributed by atoms with Gasteiger partial charge in [0.05, 0.1) is 5.69 Å². The van der Waals surface area contributed by atoms with Crippen LogP contribution in [0.4, 0.5) is 0 Å². The minimum atomic E-state index is 0.242. The average Bonchev–Trinajstić information content (AvgIpc) is 3.04. The van der Waals surface area contributed by atoms with E-state index in [0.717, 1.165) is 45.6 Å². The molecule has 0 amide bonds. The van der Waals surface area contributed by atoms with Crippen molar-refractivity contribution in [3.8, 4) is 28.5 Å². The smallest absolute Gasteiger partial charge is 0.119 e. The molecular formula is C27H30N2O3. The first kappa shape index (κ1) is 21.8. The van der Waals surface area contributed by atoms with Crippen LogP contribution in [0.1, 0.15) is 25.0 Å². The molecule has 0 fully saturated rings. The summed E-state index contributed by atoms with van der Waals surface area (Å²) in [5.74, 6) is 1.35. The quantitative estimate of drug-likeness (QED) is 0.325. The van der Waals surface area contributed by atoms with Gasteiger partial charge in [-0.3, -0.25) is 0 Å². The van der Waals surface area contributed by atoms with Gasteiger partial charge in [-0.15, -0.1) is 0 Å². The second-order valence-electron chi connectivity index (χ2n) is 8.41. The normalized spacial score (nSPS) is 11.4. The molecule has 3 aromatic carbocycles. The molecule has 1 heterocycles. The van der Waals surface area contributed by atoms with Crippen LogP contribution in [0.5, 0.6) is 17.2 Å². The minimum Gasteiger partial charge on any atom is -0.508 e. The fourth-order valence-corrected chi connectivity index (χ4v) is 4.06. The number of nitrogens with one attached hydrogen (secondary N) is 1. The molecule has 5 nitrogen and oxygen atoms in total. The number of phenolic OH excluding ortho intramolecular Hbond substituents is 2. The molecule has 32 heavy (non-hydrogen) atoms. The van der Waals surface area contributed by atoms with Gasteiger partial charge in [0.2, 0.25) is 0 Å². The van der Waals surface area contributed by atoms with Gasteiger partial charge in [0.25, 0.3) is 0 Å². The Labute approximate surface area is 188 Å². The lowest BCUT2D eigenvalue weighted by molar-refractivity contribution is 0.309. The Balaban J connectivity index is 1.63. The summed E-state index contributed by atoms with van der Waals surface area (Å²) in [7, 11) is 0. The van der Waals surface area contributed by atoms with E-state index in [1.165, 1.54) is 0 Å². The molecule has 0 aliphatic heterocycles. The van der Waals surface area contributed by atoms with Crippen molar-refractivity contribution in [1.82, 2.24) is 9.88 Å². The van der Waals surface area contributed by atoms with E-state index in [-0.39, 0.29) is 11.5 Å². The van der Waals surface area contributed by atoms with E-state index in [4.69, 9.17) is 4.74 Å². The lowest BCUT2D eigenvalue weighted by Crippen LogP contribution is -2.27. The van der Waals surface area contributed by atoms with Crippen LogP contribution in [-0.2, 0) is 6.54 Å². The number of fused-ring (bicyclic) bond motifs is 1. The summed E-state index contributed by atoms with van der Waals surface area (Å²) < 4.78 is 8.10. The minimum absolute atomic E-state index is 0.242. The van der Waals surface area contributed by atoms with Gasteiger partial charge in [-0.05, 0) is 78.2 Å². The van der Waals surface area contributed by atoms with Crippen LogP contribution in [0.15, 0.2) is 66.7 Å². The first-order valence-electron chi connectivity index (χ1n) is 11.0. The summed E-state index contributed by atoms with van der Waals surface area (Å²) in [6, 6.07) is 21.4. The number of nitrogens with zero attached hydrogens (tertiary/aromatic N) is 1. The van der Waals surface area contributed by atoms with E-state index < -0.39 is 0 Å². The number of aromatic hydroxyl groups is 2. The van der Waals surface area contributed by atoms with E-state index in [1.54, 1.807) is 18.2 Å². The van der Waals surface area contributed by atoms with Crippen LogP contribution in [0.25, 0.3) is 22.2 Å². The molecule has 0 radical (unpaired) electrons. The van der Waals surface area contributed by atoms with Crippen molar-refractivity contribution in [1.29, 1.82) is 0 Å². The zero-order valence-corrected chi connectivity index (χ0v) is 18.8. The Morgan fingerprint density at radius 2 is 1.59 bits per heavy atom. The number of ether oxygens (including phenoxy) is 1. The largest absolute Gasteiger partial charge is 0.508 e. The van der Waals surface area contributed by atoms with Crippen molar-refractivity contribution in [2.45, 2.75) is 33.4 Å². The van der Waals surface area contributed by atoms with Crippen LogP contribution in [-0.4, -0.2) is 34.0 Å². The Kier molecular flexibility index (Phi) is 6.37. The Hall–Kier alpha value is -3.44. The van der Waals surface area contributed by atoms with Gasteiger partial charge in [-0.1, -0.05) is 26.0 Å². The van der Waals surface area contributed by atoms with Gasteiger partial charge in [-0.25, -0.2) is 0 Å². The maximum Gasteiger partial charge on any atom is 0.119 e. The zero-order valence-electron chi connectivity index (χ0n) is 18.8. The van der Waals surface area contributed by atoms with Crippen molar-refractivity contribution in [2.75, 3.05) is 13.2 Å². The Bertz CT molecular complexity index is 1190. The average molecular weight is 431 g/mol. The molecule has 3 N–H and O–H groups in total. The molecule has 0 bridgehead atoms. The van der Waals surface area contributed by atoms with Crippen LogP contribution in [0, 0.1) is 6.92 Å². The number of aryl methyl sites for hydroxylation is 1. The van der Waals surface area contributed by atoms with Gasteiger partial charge in [0, 0.05) is 30.0 Å². The molecule has 0 unspecified atom stereocenters. The molecule has 4 aromatic rings. The maximum atomic E-state index is 10.0. The Morgan fingerprint density at radius 3 is 2.28 bits per heavy atom. The second-order valence-corrected chi connectivity index (χ2v) is 8.41. The molecule has 0 aliphatic carbocycles. The van der Waals surface area contributed by atoms with Gasteiger partial charge in [0.15, 0.2) is 0 Å². The Morgan fingerprint density at radius 1 is 0.906 bits per heavy atom. The monoisotopic (exact) mass is 430 g/mol. The second kappa shape index (κ2) is 9.37. The third kappa shape index (κ3) is 4.73. The summed E-state index contributed by atoms with van der Waals surface area (Å²) in [6.45, 7) is 8.44. The van der Waals surface area contributed by atoms with Gasteiger partial charge >= 0.3 is 0 Å². The highest BCUT2D eigenvalue weighted by Gasteiger charge is 2.17. The molecule has 1 aromatic heterocycles. The summed E-state index contributed by atoms with van der Waals surface area (Å²) in [6.07, 6.45) is 0. The van der Waals surface area contributed by atoms with Gasteiger partial charge < -0.3 is 24.8 Å². The van der Waals surface area contributed by atoms with Crippen LogP contribution in [0.2, 0.25) is 0 Å². The molecule has 0 spiro atoms. The van der Waals surface area contributed by atoms with E-state index in [9.17, 15) is 10.2 Å². The fraction of sp³-hybridized carbons (Fsp3) is 0.259. The molecule has 0 aliphatic rings. The van der Waals surface area contributed by atoms with E-state index in [1.807, 2.05) is 36.4 Å². The van der Waals surface area contributed by atoms with Crippen molar-refractivity contribution >= 4 is 10.9 Å². The molecule has 166 valence electrons. The number of phenols is 2. The topological polar surface area (TPSA) is 66.7 Å². The summed E-state index contributed by atoms with van der Waals surface area (Å²) in [4.78, 5) is 0. The number of hydrogen-bond donors (Lipinski definition) is 3. The zero-order chi connectivity index (χ0) is 22.7. The predicted octanol–water partition coefficient (Wildman–Crippen LogP) is 5.45. The van der Waals surface area contributed by atoms with Crippen molar-refractivity contribution in [3.05, 3.63) is 77.9 Å². The number of aromatic nitrogens is 1. The van der Waals surface area contributed by atoms with Gasteiger partial charge in [-0.2, -0.15) is 0 Å². The number of benzene rings is 3. The van der Waals surface area contributed by atoms with Crippen molar-refractivity contribution in [2.24, 2.45) is 0 Å². The number of rotatable bonds is 8. The molecule has 0 saturated carbocycles. The van der Waals surface area contributed by atoms with Crippen LogP contribution in [0.3, 0.4) is 0 Å². The standard InChI is InChI=1S/C27H30N2O3/c1-18(2)28-14-15-32-24-11-4-20(5-12-24)17-29-26-13-10-23(31)16-25(26)19(3)27(29)21-6-8-22(30)9-7-21/h4-13,16,18,28,30-31H,14-15,17H2,1-3H3. The number of hydrogen-bond acceptors (Lipinski definition) is 4. The van der Waals surface area contributed by atoms with Crippen LogP contribution >= 0.6 is 0 Å². The van der Waals surface area contributed by atoms with E-state index in [0.29, 0.717) is 19.2 Å². The summed E-state index contributed by atoms with van der Waals surface area (Å²) in [5, 5.41) is 24.1. The third-order valence-corrected chi connectivity index (χ3v) is 5.63. The summed E-state index contributed by atoms with van der Waals surface area (Å²) in [5.41, 5.74) is 5.41. The highest BCUT2D eigenvalue weighted by atomic mass is 16.5. The third-order valence-electron chi connectivity index (χ3n) is 5.63. The molecule has 0 atom stereocenters. The van der Waals surface area contributed by atoms with Crippen molar-refractivity contribution < 1.29 is 14.9 Å². The lowest BCUT2D eigenvalue weighted by Gasteiger charge is -2.14. The van der Waals surface area contributed by atoms with Crippen LogP contribution < -0.4 is 10.1 Å². The van der Waals surface area contributed by atoms with E-state index in [2.05, 4.69) is 42.8 Å². The molecule has 4 rings (SSSR count). The lowest BCUT2D eigenvalue weighted by atomic mass is 10.1. The first-order chi connectivity index (χ1) is 15.4. The SMILES string of the molecule is Cc1c(-c2ccc(O)cc2)n(Cc2ccc(OCCNC(C)C)cc2)c2ccc(O)cc12. The molecule has 0 saturated heterocycles. The van der Waals surface area contributed by atoms with Gasteiger partial charge in [0.1, 0.15) is 23.9 Å². The first-order valence-corrected chi connectivity index (χ1v) is 11.0.